The van der Waals surface area contributed by atoms with E-state index >= 15 is 0 Å². The second-order valence-electron chi connectivity index (χ2n) is 3.51. The number of aliphatic hydroxyl groups is 1. The molecule has 0 saturated heterocycles. The van der Waals surface area contributed by atoms with Crippen molar-refractivity contribution in [2.75, 3.05) is 6.61 Å². The summed E-state index contributed by atoms with van der Waals surface area (Å²) in [5.74, 6) is -0.296. The lowest BCUT2D eigenvalue weighted by atomic mass is 10.1. The maximum Gasteiger partial charge on any atom is 0.308 e. The van der Waals surface area contributed by atoms with Gasteiger partial charge in [-0.3, -0.25) is 4.79 Å². The second-order valence-corrected chi connectivity index (χ2v) is 3.51. The van der Waals surface area contributed by atoms with Gasteiger partial charge in [-0.25, -0.2) is 0 Å². The molecule has 0 aliphatic carbocycles. The van der Waals surface area contributed by atoms with Gasteiger partial charge >= 0.3 is 5.97 Å². The molecule has 0 aromatic rings. The quantitative estimate of drug-likeness (QED) is 0.485. The van der Waals surface area contributed by atoms with Crippen molar-refractivity contribution in [1.29, 1.82) is 0 Å². The first-order valence-corrected chi connectivity index (χ1v) is 5.54. The van der Waals surface area contributed by atoms with Crippen LogP contribution in [0.15, 0.2) is 0 Å². The molecule has 0 heterocycles. The molecule has 0 aliphatic rings. The van der Waals surface area contributed by atoms with Crippen LogP contribution in [0.1, 0.15) is 52.4 Å². The van der Waals surface area contributed by atoms with Crippen LogP contribution in [-0.2, 0) is 9.53 Å². The summed E-state index contributed by atoms with van der Waals surface area (Å²) in [6.07, 6.45) is 4.84. The fourth-order valence-electron chi connectivity index (χ4n) is 1.32. The lowest BCUT2D eigenvalue weighted by Gasteiger charge is -2.09. The fraction of sp³-hybridized carbons (Fsp3) is 0.909. The van der Waals surface area contributed by atoms with Gasteiger partial charge in [-0.1, -0.05) is 32.6 Å². The number of hydrogen-bond donors (Lipinski definition) is 1. The van der Waals surface area contributed by atoms with E-state index in [1.165, 1.54) is 12.8 Å². The molecule has 84 valence electrons. The second kappa shape index (κ2) is 9.00. The Morgan fingerprint density at radius 1 is 1.29 bits per heavy atom. The lowest BCUT2D eigenvalue weighted by Crippen LogP contribution is -2.15. The third kappa shape index (κ3) is 8.05. The van der Waals surface area contributed by atoms with Crippen molar-refractivity contribution in [3.05, 3.63) is 0 Å². The van der Waals surface area contributed by atoms with Crippen molar-refractivity contribution in [2.24, 2.45) is 0 Å². The molecule has 3 heteroatoms. The summed E-state index contributed by atoms with van der Waals surface area (Å²) in [4.78, 5) is 11.0. The summed E-state index contributed by atoms with van der Waals surface area (Å²) in [5.41, 5.74) is 0. The van der Waals surface area contributed by atoms with Gasteiger partial charge in [0.1, 0.15) is 0 Å². The molecule has 3 nitrogen and oxygen atoms in total. The number of esters is 1. The van der Waals surface area contributed by atoms with Crippen molar-refractivity contribution in [3.8, 4) is 0 Å². The van der Waals surface area contributed by atoms with Crippen molar-refractivity contribution < 1.29 is 14.6 Å². The van der Waals surface area contributed by atoms with E-state index in [1.807, 2.05) is 0 Å². The van der Waals surface area contributed by atoms with Gasteiger partial charge in [0.15, 0.2) is 0 Å². The smallest absolute Gasteiger partial charge is 0.308 e. The molecule has 0 aliphatic heterocycles. The first-order chi connectivity index (χ1) is 6.70. The maximum absolute atomic E-state index is 11.0. The largest absolute Gasteiger partial charge is 0.466 e. The van der Waals surface area contributed by atoms with Gasteiger partial charge in [-0.15, -0.1) is 0 Å². The Morgan fingerprint density at radius 3 is 2.57 bits per heavy atom. The highest BCUT2D eigenvalue weighted by molar-refractivity contribution is 5.69. The molecule has 0 aromatic heterocycles. The Kier molecular flexibility index (Phi) is 8.64. The summed E-state index contributed by atoms with van der Waals surface area (Å²) >= 11 is 0. The average molecular weight is 202 g/mol. The molecule has 0 rings (SSSR count). The highest BCUT2D eigenvalue weighted by atomic mass is 16.5. The van der Waals surface area contributed by atoms with Gasteiger partial charge < -0.3 is 9.84 Å². The van der Waals surface area contributed by atoms with Crippen molar-refractivity contribution >= 4 is 5.97 Å². The summed E-state index contributed by atoms with van der Waals surface area (Å²) < 4.78 is 4.74. The number of carbonyl (C=O) groups is 1. The number of carbonyl (C=O) groups excluding carboxylic acids is 1. The molecule has 0 unspecified atom stereocenters. The Morgan fingerprint density at radius 2 is 2.00 bits per heavy atom. The zero-order valence-electron chi connectivity index (χ0n) is 9.29. The van der Waals surface area contributed by atoms with Gasteiger partial charge in [0, 0.05) is 0 Å². The van der Waals surface area contributed by atoms with Crippen LogP contribution in [0, 0.1) is 0 Å². The van der Waals surface area contributed by atoms with E-state index in [-0.39, 0.29) is 12.4 Å². The van der Waals surface area contributed by atoms with Gasteiger partial charge in [0.2, 0.25) is 0 Å². The molecule has 0 saturated carbocycles. The highest BCUT2D eigenvalue weighted by Gasteiger charge is 2.10. The van der Waals surface area contributed by atoms with Crippen molar-refractivity contribution in [1.82, 2.24) is 0 Å². The predicted octanol–water partition coefficient (Wildman–Crippen LogP) is 2.27. The van der Waals surface area contributed by atoms with E-state index in [4.69, 9.17) is 4.74 Å². The average Bonchev–Trinajstić information content (AvgIpc) is 2.13. The minimum Gasteiger partial charge on any atom is -0.466 e. The zero-order chi connectivity index (χ0) is 10.8. The Balaban J connectivity index is 3.35. The van der Waals surface area contributed by atoms with E-state index in [2.05, 4.69) is 6.92 Å². The van der Waals surface area contributed by atoms with Crippen LogP contribution in [0.25, 0.3) is 0 Å². The normalized spacial score (nSPS) is 12.5. The van der Waals surface area contributed by atoms with Crippen LogP contribution in [0.5, 0.6) is 0 Å². The number of aliphatic hydroxyl groups excluding tert-OH is 1. The third-order valence-electron chi connectivity index (χ3n) is 2.10. The molecule has 1 N–H and O–H groups in total. The van der Waals surface area contributed by atoms with E-state index in [0.717, 1.165) is 12.8 Å². The van der Waals surface area contributed by atoms with Gasteiger partial charge in [-0.05, 0) is 13.3 Å². The van der Waals surface area contributed by atoms with Crippen molar-refractivity contribution in [2.45, 2.75) is 58.5 Å². The minimum absolute atomic E-state index is 0.139. The van der Waals surface area contributed by atoms with E-state index in [9.17, 15) is 9.90 Å². The number of unbranched alkanes of at least 4 members (excludes halogenated alkanes) is 3. The van der Waals surface area contributed by atoms with Crippen LogP contribution in [-0.4, -0.2) is 23.8 Å². The Labute approximate surface area is 86.5 Å². The molecule has 0 bridgehead atoms. The van der Waals surface area contributed by atoms with E-state index in [0.29, 0.717) is 13.0 Å². The molecule has 0 spiro atoms. The van der Waals surface area contributed by atoms with E-state index in [1.54, 1.807) is 6.92 Å². The van der Waals surface area contributed by atoms with Crippen LogP contribution < -0.4 is 0 Å². The van der Waals surface area contributed by atoms with E-state index < -0.39 is 6.10 Å². The zero-order valence-corrected chi connectivity index (χ0v) is 9.29. The standard InChI is InChI=1S/C11H22O3/c1-3-5-6-7-8-10(12)9-11(13)14-4-2/h10,12H,3-9H2,1-2H3/t10-/m0/s1. The molecule has 0 aromatic carbocycles. The molecule has 0 fully saturated rings. The monoisotopic (exact) mass is 202 g/mol. The predicted molar refractivity (Wildman–Crippen MR) is 56.0 cm³/mol. The summed E-state index contributed by atoms with van der Waals surface area (Å²) in [6.45, 7) is 4.31. The number of rotatable bonds is 8. The first-order valence-electron chi connectivity index (χ1n) is 5.54. The Hall–Kier alpha value is -0.570. The fourth-order valence-corrected chi connectivity index (χ4v) is 1.32. The molecule has 0 radical (unpaired) electrons. The molecule has 0 amide bonds. The summed E-state index contributed by atoms with van der Waals surface area (Å²) in [6, 6.07) is 0. The van der Waals surface area contributed by atoms with Gasteiger partial charge in [-0.2, -0.15) is 0 Å². The lowest BCUT2D eigenvalue weighted by molar-refractivity contribution is -0.145. The highest BCUT2D eigenvalue weighted by Crippen LogP contribution is 2.08. The molecular formula is C11H22O3. The third-order valence-corrected chi connectivity index (χ3v) is 2.10. The Bertz CT molecular complexity index is 145. The maximum atomic E-state index is 11.0. The minimum atomic E-state index is -0.522. The number of ether oxygens (including phenoxy) is 1. The number of hydrogen-bond acceptors (Lipinski definition) is 3. The molecule has 14 heavy (non-hydrogen) atoms. The van der Waals surface area contributed by atoms with Crippen LogP contribution in [0.2, 0.25) is 0 Å². The SMILES string of the molecule is CCCCCC[C@H](O)CC(=O)OCC. The van der Waals surface area contributed by atoms with Crippen LogP contribution in [0.4, 0.5) is 0 Å². The van der Waals surface area contributed by atoms with Crippen LogP contribution in [0.3, 0.4) is 0 Å². The topological polar surface area (TPSA) is 46.5 Å². The molecule has 1 atom stereocenters. The molecular weight excluding hydrogens is 180 g/mol. The van der Waals surface area contributed by atoms with Crippen LogP contribution >= 0.6 is 0 Å². The first kappa shape index (κ1) is 13.4. The van der Waals surface area contributed by atoms with Crippen molar-refractivity contribution in [3.63, 3.8) is 0 Å². The summed E-state index contributed by atoms with van der Waals surface area (Å²) in [5, 5.41) is 9.44. The van der Waals surface area contributed by atoms with Gasteiger partial charge in [0.25, 0.3) is 0 Å². The van der Waals surface area contributed by atoms with Gasteiger partial charge in [0.05, 0.1) is 19.1 Å². The summed E-state index contributed by atoms with van der Waals surface area (Å²) in [7, 11) is 0.